The molecule has 1 atom stereocenters. The topological polar surface area (TPSA) is 49.6 Å². The van der Waals surface area contributed by atoms with Crippen molar-refractivity contribution in [2.24, 2.45) is 5.92 Å². The molecule has 5 nitrogen and oxygen atoms in total. The number of fused-ring (bicyclic) bond motifs is 1. The van der Waals surface area contributed by atoms with Crippen LogP contribution >= 0.6 is 11.3 Å². The molecule has 0 unspecified atom stereocenters. The average molecular weight is 388 g/mol. The zero-order chi connectivity index (χ0) is 19.0. The van der Waals surface area contributed by atoms with Crippen molar-refractivity contribution < 1.29 is 9.32 Å². The number of hydrogen-bond acceptors (Lipinski definition) is 5. The molecule has 0 radical (unpaired) electrons. The van der Waals surface area contributed by atoms with Crippen molar-refractivity contribution in [2.45, 2.75) is 59.5 Å². The lowest BCUT2D eigenvalue weighted by atomic mass is 10.0. The van der Waals surface area contributed by atoms with Crippen molar-refractivity contribution in [2.75, 3.05) is 19.6 Å². The highest BCUT2D eigenvalue weighted by atomic mass is 32.1. The van der Waals surface area contributed by atoms with E-state index in [2.05, 4.69) is 27.3 Å². The quantitative estimate of drug-likeness (QED) is 0.793. The number of amides is 1. The highest BCUT2D eigenvalue weighted by Crippen LogP contribution is 2.31. The fourth-order valence-electron chi connectivity index (χ4n) is 4.28. The molecular formula is C21H29N3O2S. The number of carbonyl (C=O) groups excluding carboxylic acids is 1. The van der Waals surface area contributed by atoms with E-state index < -0.39 is 0 Å². The van der Waals surface area contributed by atoms with Gasteiger partial charge in [-0.1, -0.05) is 12.1 Å². The van der Waals surface area contributed by atoms with Crippen LogP contribution in [0.3, 0.4) is 0 Å². The molecule has 0 saturated carbocycles. The molecule has 0 bridgehead atoms. The number of thiophene rings is 1. The molecule has 2 aromatic heterocycles. The van der Waals surface area contributed by atoms with Gasteiger partial charge in [-0.25, -0.2) is 0 Å². The maximum atomic E-state index is 13.1. The van der Waals surface area contributed by atoms with E-state index in [0.717, 1.165) is 74.9 Å². The van der Waals surface area contributed by atoms with E-state index in [1.165, 1.54) is 22.4 Å². The van der Waals surface area contributed by atoms with Crippen LogP contribution in [-0.2, 0) is 19.5 Å². The van der Waals surface area contributed by atoms with Crippen LogP contribution in [0.25, 0.3) is 0 Å². The van der Waals surface area contributed by atoms with E-state index in [1.54, 1.807) is 11.3 Å². The monoisotopic (exact) mass is 387 g/mol. The first-order chi connectivity index (χ1) is 13.0. The van der Waals surface area contributed by atoms with Crippen LogP contribution in [0, 0.1) is 19.8 Å². The first kappa shape index (κ1) is 18.7. The molecular weight excluding hydrogens is 358 g/mol. The Morgan fingerprint density at radius 2 is 2.15 bits per heavy atom. The third-order valence-corrected chi connectivity index (χ3v) is 7.14. The average Bonchev–Trinajstić information content (AvgIpc) is 3.13. The standard InChI is InChI=1S/C21H29N3O2S/c1-14-5-4-8-24(10-6-14)21(25)19-13-27-20-12-23(9-7-17(19)20)11-18-15(2)22-26-16(18)3/h13-14H,4-12H2,1-3H3/t14-/m1/s1. The summed E-state index contributed by atoms with van der Waals surface area (Å²) in [4.78, 5) is 19.0. The lowest BCUT2D eigenvalue weighted by Gasteiger charge is -2.28. The second-order valence-corrected chi connectivity index (χ2v) is 9.11. The zero-order valence-electron chi connectivity index (χ0n) is 16.6. The molecule has 1 saturated heterocycles. The summed E-state index contributed by atoms with van der Waals surface area (Å²) < 4.78 is 5.30. The maximum Gasteiger partial charge on any atom is 0.254 e. The summed E-state index contributed by atoms with van der Waals surface area (Å²) in [5.41, 5.74) is 4.43. The molecule has 1 amide bonds. The van der Waals surface area contributed by atoms with Gasteiger partial charge in [-0.15, -0.1) is 11.3 Å². The van der Waals surface area contributed by atoms with Crippen molar-refractivity contribution in [3.05, 3.63) is 38.4 Å². The smallest absolute Gasteiger partial charge is 0.254 e. The molecule has 0 N–H and O–H groups in total. The predicted molar refractivity (Wildman–Crippen MR) is 107 cm³/mol. The van der Waals surface area contributed by atoms with Crippen LogP contribution in [0.4, 0.5) is 0 Å². The van der Waals surface area contributed by atoms with E-state index in [-0.39, 0.29) is 5.91 Å². The van der Waals surface area contributed by atoms with Gasteiger partial charge in [0.05, 0.1) is 11.3 Å². The van der Waals surface area contributed by atoms with Gasteiger partial charge >= 0.3 is 0 Å². The largest absolute Gasteiger partial charge is 0.361 e. The summed E-state index contributed by atoms with van der Waals surface area (Å²) in [5, 5.41) is 6.17. The first-order valence-electron chi connectivity index (χ1n) is 10.1. The second kappa shape index (κ2) is 7.76. The molecule has 0 aliphatic carbocycles. The van der Waals surface area contributed by atoms with E-state index in [1.807, 2.05) is 13.8 Å². The van der Waals surface area contributed by atoms with Gasteiger partial charge in [0.2, 0.25) is 0 Å². The van der Waals surface area contributed by atoms with Gasteiger partial charge in [0.15, 0.2) is 0 Å². The highest BCUT2D eigenvalue weighted by Gasteiger charge is 2.28. The Bertz CT molecular complexity index is 806. The fraction of sp³-hybridized carbons (Fsp3) is 0.619. The van der Waals surface area contributed by atoms with Crippen LogP contribution in [0.5, 0.6) is 0 Å². The fourth-order valence-corrected chi connectivity index (χ4v) is 5.40. The minimum atomic E-state index is 0.251. The molecule has 0 aromatic carbocycles. The zero-order valence-corrected chi connectivity index (χ0v) is 17.4. The Kier molecular flexibility index (Phi) is 5.37. The van der Waals surface area contributed by atoms with Gasteiger partial charge < -0.3 is 9.42 Å². The highest BCUT2D eigenvalue weighted by molar-refractivity contribution is 7.10. The van der Waals surface area contributed by atoms with Crippen molar-refractivity contribution >= 4 is 17.2 Å². The van der Waals surface area contributed by atoms with Crippen LogP contribution in [0.1, 0.15) is 64.0 Å². The summed E-state index contributed by atoms with van der Waals surface area (Å²) in [7, 11) is 0. The van der Waals surface area contributed by atoms with Gasteiger partial charge in [0.25, 0.3) is 5.91 Å². The van der Waals surface area contributed by atoms with Crippen molar-refractivity contribution in [1.29, 1.82) is 0 Å². The number of rotatable bonds is 3. The van der Waals surface area contributed by atoms with Crippen molar-refractivity contribution in [3.8, 4) is 0 Å². The number of aryl methyl sites for hydroxylation is 2. The molecule has 4 rings (SSSR count). The SMILES string of the molecule is Cc1noc(C)c1CN1CCc2c(C(=O)N3CCC[C@@H](C)CC3)csc2C1. The first-order valence-corrected chi connectivity index (χ1v) is 10.9. The van der Waals surface area contributed by atoms with Gasteiger partial charge in [-0.2, -0.15) is 0 Å². The number of nitrogens with zero attached hydrogens (tertiary/aromatic N) is 3. The number of aromatic nitrogens is 1. The van der Waals surface area contributed by atoms with E-state index >= 15 is 0 Å². The Labute approximate surface area is 165 Å². The van der Waals surface area contributed by atoms with Gasteiger partial charge in [0.1, 0.15) is 5.76 Å². The summed E-state index contributed by atoms with van der Waals surface area (Å²) in [6, 6.07) is 0. The maximum absolute atomic E-state index is 13.1. The second-order valence-electron chi connectivity index (χ2n) is 8.14. The Hall–Kier alpha value is -1.66. The Balaban J connectivity index is 1.46. The molecule has 2 aliphatic heterocycles. The van der Waals surface area contributed by atoms with E-state index in [0.29, 0.717) is 0 Å². The van der Waals surface area contributed by atoms with Gasteiger partial charge in [0, 0.05) is 48.5 Å². The molecule has 1 fully saturated rings. The van der Waals surface area contributed by atoms with Gasteiger partial charge in [-0.3, -0.25) is 9.69 Å². The van der Waals surface area contributed by atoms with E-state index in [9.17, 15) is 4.79 Å². The summed E-state index contributed by atoms with van der Waals surface area (Å²) in [6.45, 7) is 10.9. The third-order valence-electron chi connectivity index (χ3n) is 6.12. The minimum absolute atomic E-state index is 0.251. The van der Waals surface area contributed by atoms with Crippen molar-refractivity contribution in [1.82, 2.24) is 15.0 Å². The predicted octanol–water partition coefficient (Wildman–Crippen LogP) is 4.17. The van der Waals surface area contributed by atoms with Crippen LogP contribution in [0.15, 0.2) is 9.90 Å². The molecule has 2 aromatic rings. The molecule has 0 spiro atoms. The number of hydrogen-bond donors (Lipinski definition) is 0. The van der Waals surface area contributed by atoms with Crippen LogP contribution < -0.4 is 0 Å². The number of carbonyl (C=O) groups is 1. The third kappa shape index (κ3) is 3.83. The van der Waals surface area contributed by atoms with Gasteiger partial charge in [-0.05, 0) is 51.0 Å². The minimum Gasteiger partial charge on any atom is -0.361 e. The van der Waals surface area contributed by atoms with E-state index in [4.69, 9.17) is 4.52 Å². The molecule has 4 heterocycles. The molecule has 146 valence electrons. The molecule has 2 aliphatic rings. The number of likely N-dealkylation sites (tertiary alicyclic amines) is 1. The lowest BCUT2D eigenvalue weighted by Crippen LogP contribution is -2.34. The van der Waals surface area contributed by atoms with Crippen LogP contribution in [0.2, 0.25) is 0 Å². The molecule has 27 heavy (non-hydrogen) atoms. The lowest BCUT2D eigenvalue weighted by molar-refractivity contribution is 0.0759. The Morgan fingerprint density at radius 1 is 1.30 bits per heavy atom. The van der Waals surface area contributed by atoms with Crippen LogP contribution in [-0.4, -0.2) is 40.5 Å². The summed E-state index contributed by atoms with van der Waals surface area (Å²) in [5.74, 6) is 1.90. The summed E-state index contributed by atoms with van der Waals surface area (Å²) in [6.07, 6.45) is 4.45. The Morgan fingerprint density at radius 3 is 2.93 bits per heavy atom. The summed E-state index contributed by atoms with van der Waals surface area (Å²) >= 11 is 1.75. The normalized spacial score (nSPS) is 21.1. The molecule has 6 heteroatoms. The van der Waals surface area contributed by atoms with Crippen molar-refractivity contribution in [3.63, 3.8) is 0 Å².